The number of nitrogens with one attached hydrogen (secondary N) is 1. The third-order valence-corrected chi connectivity index (χ3v) is 5.47. The first kappa shape index (κ1) is 21.8. The van der Waals surface area contributed by atoms with Gasteiger partial charge >= 0.3 is 5.97 Å². The van der Waals surface area contributed by atoms with E-state index < -0.39 is 12.1 Å². The summed E-state index contributed by atoms with van der Waals surface area (Å²) in [5.41, 5.74) is 2.65. The number of hydrogen-bond acceptors (Lipinski definition) is 7. The van der Waals surface area contributed by atoms with Crippen LogP contribution in [0, 0.1) is 0 Å². The van der Waals surface area contributed by atoms with Gasteiger partial charge in [-0.25, -0.2) is 0 Å². The SMILES string of the molecule is CCC(=O)OC(COc1ccc(CC2NC(=O)SC2=O)cc1)c1ccc(CC)cn1. The first-order valence-electron chi connectivity index (χ1n) is 9.86. The summed E-state index contributed by atoms with van der Waals surface area (Å²) in [6.07, 6.45) is 2.75. The molecule has 158 valence electrons. The molecule has 2 aromatic rings. The number of carbonyl (C=O) groups is 3. The number of pyridine rings is 1. The standard InChI is InChI=1S/C22H24N2O5S/c1-3-14-7-10-17(23-12-14)19(29-20(25)4-2)13-28-16-8-5-15(6-9-16)11-18-21(26)30-22(27)24-18/h5-10,12,18-19H,3-4,11,13H2,1-2H3,(H,24,27). The van der Waals surface area contributed by atoms with Crippen LogP contribution in [0.25, 0.3) is 0 Å². The maximum atomic E-state index is 11.8. The summed E-state index contributed by atoms with van der Waals surface area (Å²) in [7, 11) is 0. The molecular formula is C22H24N2O5S. The first-order valence-corrected chi connectivity index (χ1v) is 10.7. The third kappa shape index (κ3) is 5.82. The molecule has 0 radical (unpaired) electrons. The van der Waals surface area contributed by atoms with Crippen molar-refractivity contribution in [2.45, 2.75) is 45.3 Å². The van der Waals surface area contributed by atoms with Crippen LogP contribution in [-0.2, 0) is 27.2 Å². The average Bonchev–Trinajstić information content (AvgIpc) is 3.08. The fourth-order valence-electron chi connectivity index (χ4n) is 2.91. The minimum atomic E-state index is -0.605. The second kappa shape index (κ2) is 10.2. The van der Waals surface area contributed by atoms with Crippen LogP contribution in [0.3, 0.4) is 0 Å². The molecule has 1 saturated heterocycles. The fourth-order valence-corrected chi connectivity index (χ4v) is 3.58. The van der Waals surface area contributed by atoms with Crippen molar-refractivity contribution in [3.05, 3.63) is 59.4 Å². The average molecular weight is 429 g/mol. The lowest BCUT2D eigenvalue weighted by Gasteiger charge is -2.18. The molecule has 0 spiro atoms. The minimum absolute atomic E-state index is 0.136. The second-order valence-electron chi connectivity index (χ2n) is 6.84. The summed E-state index contributed by atoms with van der Waals surface area (Å²) >= 11 is 0.708. The molecule has 8 heteroatoms. The molecule has 1 aliphatic rings. The number of hydrogen-bond donors (Lipinski definition) is 1. The number of rotatable bonds is 9. The lowest BCUT2D eigenvalue weighted by molar-refractivity contribution is -0.150. The molecule has 2 unspecified atom stereocenters. The maximum absolute atomic E-state index is 11.8. The molecule has 1 aliphatic heterocycles. The summed E-state index contributed by atoms with van der Waals surface area (Å²) in [6.45, 7) is 3.92. The Morgan fingerprint density at radius 3 is 2.43 bits per heavy atom. The molecule has 1 N–H and O–H groups in total. The van der Waals surface area contributed by atoms with Crippen molar-refractivity contribution in [2.24, 2.45) is 0 Å². The summed E-state index contributed by atoms with van der Waals surface area (Å²) in [4.78, 5) is 39.2. The quantitative estimate of drug-likeness (QED) is 0.610. The lowest BCUT2D eigenvalue weighted by atomic mass is 10.1. The number of benzene rings is 1. The van der Waals surface area contributed by atoms with Crippen molar-refractivity contribution in [1.29, 1.82) is 0 Å². The van der Waals surface area contributed by atoms with E-state index in [1.54, 1.807) is 25.3 Å². The van der Waals surface area contributed by atoms with E-state index in [1.807, 2.05) is 31.2 Å². The van der Waals surface area contributed by atoms with Crippen LogP contribution < -0.4 is 10.1 Å². The third-order valence-electron chi connectivity index (χ3n) is 4.68. The van der Waals surface area contributed by atoms with E-state index >= 15 is 0 Å². The number of ether oxygens (including phenoxy) is 2. The number of nitrogens with zero attached hydrogens (tertiary/aromatic N) is 1. The van der Waals surface area contributed by atoms with Crippen molar-refractivity contribution >= 4 is 28.1 Å². The zero-order valence-electron chi connectivity index (χ0n) is 16.9. The van der Waals surface area contributed by atoms with Crippen LogP contribution >= 0.6 is 11.8 Å². The van der Waals surface area contributed by atoms with Crippen molar-refractivity contribution in [3.8, 4) is 5.75 Å². The van der Waals surface area contributed by atoms with E-state index in [1.165, 1.54) is 0 Å². The van der Waals surface area contributed by atoms with Crippen molar-refractivity contribution in [3.63, 3.8) is 0 Å². The molecule has 2 atom stereocenters. The van der Waals surface area contributed by atoms with Gasteiger partial charge in [0.15, 0.2) is 6.10 Å². The highest BCUT2D eigenvalue weighted by Gasteiger charge is 2.31. The Morgan fingerprint density at radius 1 is 1.13 bits per heavy atom. The molecule has 3 rings (SSSR count). The van der Waals surface area contributed by atoms with Crippen LogP contribution in [0.4, 0.5) is 4.79 Å². The summed E-state index contributed by atoms with van der Waals surface area (Å²) < 4.78 is 11.3. The number of aromatic nitrogens is 1. The van der Waals surface area contributed by atoms with Gasteiger partial charge in [0.05, 0.1) is 5.69 Å². The predicted molar refractivity (Wildman–Crippen MR) is 113 cm³/mol. The van der Waals surface area contributed by atoms with Gasteiger partial charge in [-0.15, -0.1) is 0 Å². The Kier molecular flexibility index (Phi) is 7.46. The molecular weight excluding hydrogens is 404 g/mol. The number of carbonyl (C=O) groups excluding carboxylic acids is 3. The highest BCUT2D eigenvalue weighted by Crippen LogP contribution is 2.22. The normalized spacial score (nSPS) is 16.8. The van der Waals surface area contributed by atoms with Crippen molar-refractivity contribution < 1.29 is 23.9 Å². The molecule has 1 fully saturated rings. The Hall–Kier alpha value is -2.87. The van der Waals surface area contributed by atoms with Crippen LogP contribution in [0.5, 0.6) is 5.75 Å². The van der Waals surface area contributed by atoms with Crippen molar-refractivity contribution in [2.75, 3.05) is 6.61 Å². The van der Waals surface area contributed by atoms with E-state index in [9.17, 15) is 14.4 Å². The van der Waals surface area contributed by atoms with Crippen LogP contribution in [-0.4, -0.2) is 34.0 Å². The van der Waals surface area contributed by atoms with Gasteiger partial charge in [0, 0.05) is 30.8 Å². The molecule has 30 heavy (non-hydrogen) atoms. The van der Waals surface area contributed by atoms with Gasteiger partial charge in [-0.2, -0.15) is 0 Å². The smallest absolute Gasteiger partial charge is 0.306 e. The van der Waals surface area contributed by atoms with Gasteiger partial charge in [0.25, 0.3) is 5.24 Å². The molecule has 1 aromatic carbocycles. The van der Waals surface area contributed by atoms with Gasteiger partial charge in [-0.3, -0.25) is 19.4 Å². The summed E-state index contributed by atoms with van der Waals surface area (Å²) in [6, 6.07) is 10.6. The van der Waals surface area contributed by atoms with Gasteiger partial charge in [0.2, 0.25) is 5.12 Å². The topological polar surface area (TPSA) is 94.6 Å². The monoisotopic (exact) mass is 428 g/mol. The highest BCUT2D eigenvalue weighted by molar-refractivity contribution is 8.26. The van der Waals surface area contributed by atoms with E-state index in [-0.39, 0.29) is 29.4 Å². The van der Waals surface area contributed by atoms with Gasteiger partial charge < -0.3 is 14.8 Å². The van der Waals surface area contributed by atoms with E-state index in [0.717, 1.165) is 17.5 Å². The summed E-state index contributed by atoms with van der Waals surface area (Å²) in [5, 5.41) is 2.17. The number of thioether (sulfide) groups is 1. The summed E-state index contributed by atoms with van der Waals surface area (Å²) in [5.74, 6) is 0.291. The first-order chi connectivity index (χ1) is 14.5. The molecule has 0 saturated carbocycles. The van der Waals surface area contributed by atoms with Crippen LogP contribution in [0.2, 0.25) is 0 Å². The number of aryl methyl sites for hydroxylation is 1. The van der Waals surface area contributed by atoms with Gasteiger partial charge in [-0.1, -0.05) is 32.0 Å². The molecule has 0 bridgehead atoms. The predicted octanol–water partition coefficient (Wildman–Crippen LogP) is 3.61. The Labute approximate surface area is 179 Å². The lowest BCUT2D eigenvalue weighted by Crippen LogP contribution is -2.30. The fraction of sp³-hybridized carbons (Fsp3) is 0.364. The van der Waals surface area contributed by atoms with Gasteiger partial charge in [0.1, 0.15) is 18.4 Å². The van der Waals surface area contributed by atoms with E-state index in [2.05, 4.69) is 10.3 Å². The largest absolute Gasteiger partial charge is 0.489 e. The van der Waals surface area contributed by atoms with E-state index in [4.69, 9.17) is 9.47 Å². The second-order valence-corrected chi connectivity index (χ2v) is 7.82. The van der Waals surface area contributed by atoms with E-state index in [0.29, 0.717) is 29.6 Å². The molecule has 1 aromatic heterocycles. The maximum Gasteiger partial charge on any atom is 0.306 e. The van der Waals surface area contributed by atoms with Crippen LogP contribution in [0.15, 0.2) is 42.6 Å². The zero-order valence-corrected chi connectivity index (χ0v) is 17.7. The Bertz CT molecular complexity index is 899. The van der Waals surface area contributed by atoms with Crippen molar-refractivity contribution in [1.82, 2.24) is 10.3 Å². The number of amides is 1. The Morgan fingerprint density at radius 2 is 1.87 bits per heavy atom. The Balaban J connectivity index is 1.62. The molecule has 7 nitrogen and oxygen atoms in total. The minimum Gasteiger partial charge on any atom is -0.489 e. The molecule has 2 heterocycles. The molecule has 0 aliphatic carbocycles. The van der Waals surface area contributed by atoms with Gasteiger partial charge in [-0.05, 0) is 35.7 Å². The molecule has 1 amide bonds. The zero-order chi connectivity index (χ0) is 21.5. The number of esters is 1. The highest BCUT2D eigenvalue weighted by atomic mass is 32.2. The van der Waals surface area contributed by atoms with Crippen LogP contribution in [0.1, 0.15) is 43.2 Å².